The maximum atomic E-state index is 12.8. The Morgan fingerprint density at radius 3 is 3.14 bits per heavy atom. The molecule has 0 spiro atoms. The number of likely N-dealkylation sites (tertiary alicyclic amines) is 1. The van der Waals surface area contributed by atoms with Crippen LogP contribution in [0, 0.1) is 0 Å². The van der Waals surface area contributed by atoms with Crippen LogP contribution in [-0.4, -0.2) is 41.3 Å². The van der Waals surface area contributed by atoms with Crippen LogP contribution in [0.1, 0.15) is 32.3 Å². The lowest BCUT2D eigenvalue weighted by Gasteiger charge is -2.22. The molecule has 1 aromatic heterocycles. The van der Waals surface area contributed by atoms with E-state index in [4.69, 9.17) is 4.74 Å². The third-order valence-electron chi connectivity index (χ3n) is 3.42. The number of carbonyl (C=O) groups is 1. The highest BCUT2D eigenvalue weighted by Crippen LogP contribution is 2.17. The Kier molecular flexibility index (Phi) is 5.36. The first kappa shape index (κ1) is 15.5. The Labute approximate surface area is 124 Å². The number of alkyl halides is 1. The highest BCUT2D eigenvalue weighted by molar-refractivity contribution is 5.74. The topological polar surface area (TPSA) is 54.5 Å². The Bertz CT molecular complexity index is 482. The number of halogens is 1. The van der Waals surface area contributed by atoms with Gasteiger partial charge in [-0.3, -0.25) is 0 Å². The maximum absolute atomic E-state index is 12.8. The molecule has 0 radical (unpaired) electrons. The second kappa shape index (κ2) is 7.24. The molecule has 1 saturated heterocycles. The second-order valence-electron chi connectivity index (χ2n) is 5.47. The fourth-order valence-corrected chi connectivity index (χ4v) is 2.41. The van der Waals surface area contributed by atoms with Gasteiger partial charge in [0, 0.05) is 25.4 Å². The predicted octanol–water partition coefficient (Wildman–Crippen LogP) is 2.51. The van der Waals surface area contributed by atoms with Gasteiger partial charge in [-0.2, -0.15) is 0 Å². The second-order valence-corrected chi connectivity index (χ2v) is 5.47. The number of rotatable bonds is 5. The van der Waals surface area contributed by atoms with Crippen molar-refractivity contribution in [2.24, 2.45) is 0 Å². The van der Waals surface area contributed by atoms with E-state index in [-0.39, 0.29) is 18.2 Å². The first-order valence-electron chi connectivity index (χ1n) is 7.32. The van der Waals surface area contributed by atoms with Gasteiger partial charge < -0.3 is 15.0 Å². The van der Waals surface area contributed by atoms with Gasteiger partial charge in [-0.1, -0.05) is 0 Å². The Hall–Kier alpha value is -1.85. The van der Waals surface area contributed by atoms with Gasteiger partial charge in [-0.05, 0) is 38.3 Å². The van der Waals surface area contributed by atoms with E-state index in [2.05, 4.69) is 10.3 Å². The normalized spacial score (nSPS) is 18.1. The van der Waals surface area contributed by atoms with E-state index < -0.39 is 6.67 Å². The molecule has 1 aromatic rings. The van der Waals surface area contributed by atoms with Crippen LogP contribution in [-0.2, 0) is 6.54 Å². The minimum Gasteiger partial charge on any atom is -0.475 e. The van der Waals surface area contributed by atoms with Gasteiger partial charge in [0.1, 0.15) is 6.67 Å². The van der Waals surface area contributed by atoms with Crippen LogP contribution in [0.25, 0.3) is 0 Å². The highest BCUT2D eigenvalue weighted by Gasteiger charge is 2.28. The molecule has 0 aromatic carbocycles. The molecule has 6 heteroatoms. The minimum atomic E-state index is -0.477. The predicted molar refractivity (Wildman–Crippen MR) is 77.9 cm³/mol. The average molecular weight is 295 g/mol. The quantitative estimate of drug-likeness (QED) is 0.908. The molecule has 1 N–H and O–H groups in total. The SMILES string of the molecule is CC(C)Oc1cc(CNC(=O)N2CCC[C@@H]2CF)ccn1. The number of ether oxygens (including phenoxy) is 1. The van der Waals surface area contributed by atoms with Crippen molar-refractivity contribution in [3.63, 3.8) is 0 Å². The van der Waals surface area contributed by atoms with Gasteiger partial charge in [-0.15, -0.1) is 0 Å². The summed E-state index contributed by atoms with van der Waals surface area (Å²) in [6.07, 6.45) is 3.31. The van der Waals surface area contributed by atoms with Gasteiger partial charge in [0.25, 0.3) is 0 Å². The van der Waals surface area contributed by atoms with Gasteiger partial charge in [-0.25, -0.2) is 14.2 Å². The molecule has 0 unspecified atom stereocenters. The summed E-state index contributed by atoms with van der Waals surface area (Å²) < 4.78 is 18.3. The van der Waals surface area contributed by atoms with Crippen LogP contribution in [0.3, 0.4) is 0 Å². The van der Waals surface area contributed by atoms with Crippen molar-refractivity contribution in [2.75, 3.05) is 13.2 Å². The van der Waals surface area contributed by atoms with Gasteiger partial charge in [0.05, 0.1) is 12.1 Å². The molecule has 1 fully saturated rings. The fraction of sp³-hybridized carbons (Fsp3) is 0.600. The molecular formula is C15H22FN3O2. The van der Waals surface area contributed by atoms with E-state index in [0.717, 1.165) is 18.4 Å². The standard InChI is InChI=1S/C15H22FN3O2/c1-11(2)21-14-8-12(5-6-17-14)10-18-15(20)19-7-3-4-13(19)9-16/h5-6,8,11,13H,3-4,7,9-10H2,1-2H3,(H,18,20)/t13-/m1/s1. The van der Waals surface area contributed by atoms with E-state index in [1.165, 1.54) is 0 Å². The van der Waals surface area contributed by atoms with Crippen molar-refractivity contribution in [1.29, 1.82) is 0 Å². The van der Waals surface area contributed by atoms with Crippen molar-refractivity contribution in [3.8, 4) is 5.88 Å². The average Bonchev–Trinajstić information content (AvgIpc) is 2.93. The Morgan fingerprint density at radius 1 is 1.62 bits per heavy atom. The highest BCUT2D eigenvalue weighted by atomic mass is 19.1. The van der Waals surface area contributed by atoms with Crippen LogP contribution in [0.15, 0.2) is 18.3 Å². The molecule has 2 heterocycles. The molecule has 1 atom stereocenters. The van der Waals surface area contributed by atoms with E-state index in [1.807, 2.05) is 19.9 Å². The van der Waals surface area contributed by atoms with Crippen molar-refractivity contribution >= 4 is 6.03 Å². The van der Waals surface area contributed by atoms with Crippen LogP contribution in [0.5, 0.6) is 5.88 Å². The zero-order valence-corrected chi connectivity index (χ0v) is 12.5. The number of hydrogen-bond acceptors (Lipinski definition) is 3. The first-order valence-corrected chi connectivity index (χ1v) is 7.32. The fourth-order valence-electron chi connectivity index (χ4n) is 2.41. The van der Waals surface area contributed by atoms with Crippen LogP contribution in [0.4, 0.5) is 9.18 Å². The summed E-state index contributed by atoms with van der Waals surface area (Å²) in [5, 5.41) is 2.82. The summed E-state index contributed by atoms with van der Waals surface area (Å²) in [6.45, 7) is 4.39. The number of nitrogens with zero attached hydrogens (tertiary/aromatic N) is 2. The third kappa shape index (κ3) is 4.31. The summed E-state index contributed by atoms with van der Waals surface area (Å²) in [5.41, 5.74) is 0.907. The smallest absolute Gasteiger partial charge is 0.318 e. The number of carbonyl (C=O) groups excluding carboxylic acids is 1. The number of nitrogens with one attached hydrogen (secondary N) is 1. The molecule has 0 saturated carbocycles. The molecule has 5 nitrogen and oxygen atoms in total. The zero-order valence-electron chi connectivity index (χ0n) is 12.5. The van der Waals surface area contributed by atoms with Crippen molar-refractivity contribution in [2.45, 2.75) is 45.4 Å². The molecule has 1 aliphatic heterocycles. The lowest BCUT2D eigenvalue weighted by molar-refractivity contribution is 0.182. The van der Waals surface area contributed by atoms with E-state index in [0.29, 0.717) is 19.0 Å². The lowest BCUT2D eigenvalue weighted by Crippen LogP contribution is -2.43. The maximum Gasteiger partial charge on any atom is 0.318 e. The van der Waals surface area contributed by atoms with E-state index in [9.17, 15) is 9.18 Å². The minimum absolute atomic E-state index is 0.0530. The van der Waals surface area contributed by atoms with E-state index in [1.54, 1.807) is 17.2 Å². The van der Waals surface area contributed by atoms with Crippen molar-refractivity contribution < 1.29 is 13.9 Å². The van der Waals surface area contributed by atoms with E-state index >= 15 is 0 Å². The summed E-state index contributed by atoms with van der Waals surface area (Å²) in [4.78, 5) is 17.7. The van der Waals surface area contributed by atoms with Gasteiger partial charge in [0.2, 0.25) is 5.88 Å². The number of hydrogen-bond donors (Lipinski definition) is 1. The van der Waals surface area contributed by atoms with Crippen LogP contribution >= 0.6 is 0 Å². The largest absolute Gasteiger partial charge is 0.475 e. The van der Waals surface area contributed by atoms with Crippen molar-refractivity contribution in [1.82, 2.24) is 15.2 Å². The third-order valence-corrected chi connectivity index (χ3v) is 3.42. The number of amides is 2. The lowest BCUT2D eigenvalue weighted by atomic mass is 10.2. The molecule has 1 aliphatic rings. The van der Waals surface area contributed by atoms with Crippen molar-refractivity contribution in [3.05, 3.63) is 23.9 Å². The van der Waals surface area contributed by atoms with Gasteiger partial charge >= 0.3 is 6.03 Å². The molecule has 116 valence electrons. The first-order chi connectivity index (χ1) is 10.1. The zero-order chi connectivity index (χ0) is 15.2. The molecule has 21 heavy (non-hydrogen) atoms. The number of pyridine rings is 1. The number of aromatic nitrogens is 1. The summed E-state index contributed by atoms with van der Waals surface area (Å²) >= 11 is 0. The molecule has 0 aliphatic carbocycles. The summed E-state index contributed by atoms with van der Waals surface area (Å²) in [6, 6.07) is 3.14. The van der Waals surface area contributed by atoms with Crippen LogP contribution < -0.4 is 10.1 Å². The van der Waals surface area contributed by atoms with Gasteiger partial charge in [0.15, 0.2) is 0 Å². The summed E-state index contributed by atoms with van der Waals surface area (Å²) in [5.74, 6) is 0.541. The molecule has 2 amide bonds. The molecule has 0 bridgehead atoms. The molecular weight excluding hydrogens is 273 g/mol. The molecule has 2 rings (SSSR count). The van der Waals surface area contributed by atoms with Crippen LogP contribution in [0.2, 0.25) is 0 Å². The monoisotopic (exact) mass is 295 g/mol. The Morgan fingerprint density at radius 2 is 2.43 bits per heavy atom. The number of urea groups is 1. The summed E-state index contributed by atoms with van der Waals surface area (Å²) in [7, 11) is 0. The Balaban J connectivity index is 1.89.